The number of furan rings is 1. The van der Waals surface area contributed by atoms with E-state index < -0.39 is 5.41 Å². The van der Waals surface area contributed by atoms with Crippen LogP contribution < -0.4 is 4.90 Å². The Bertz CT molecular complexity index is 3650. The van der Waals surface area contributed by atoms with Crippen molar-refractivity contribution in [1.82, 2.24) is 0 Å². The lowest BCUT2D eigenvalue weighted by Crippen LogP contribution is -2.28. The van der Waals surface area contributed by atoms with Gasteiger partial charge in [0.05, 0.1) is 11.1 Å². The van der Waals surface area contributed by atoms with Crippen LogP contribution in [0.2, 0.25) is 0 Å². The number of anilines is 3. The second kappa shape index (κ2) is 13.7. The minimum Gasteiger partial charge on any atom is -0.455 e. The Morgan fingerprint density at radius 2 is 0.984 bits per heavy atom. The van der Waals surface area contributed by atoms with Gasteiger partial charge in [0.25, 0.3) is 0 Å². The molecule has 0 saturated heterocycles. The highest BCUT2D eigenvalue weighted by Gasteiger charge is 2.47. The third-order valence-electron chi connectivity index (χ3n) is 13.1. The molecule has 13 rings (SSSR count). The molecule has 1 aliphatic rings. The summed E-state index contributed by atoms with van der Waals surface area (Å²) in [6.07, 6.45) is 0. The third-order valence-corrected chi connectivity index (χ3v) is 14.3. The van der Waals surface area contributed by atoms with Crippen LogP contribution >= 0.6 is 11.3 Å². The molecule has 3 heteroatoms. The molecule has 0 aliphatic heterocycles. The number of para-hydroxylation sites is 1. The Morgan fingerprint density at radius 3 is 1.81 bits per heavy atom. The van der Waals surface area contributed by atoms with Crippen molar-refractivity contribution in [2.24, 2.45) is 0 Å². The second-order valence-corrected chi connectivity index (χ2v) is 17.4. The van der Waals surface area contributed by atoms with Crippen LogP contribution in [0.5, 0.6) is 0 Å². The number of benzene rings is 10. The highest BCUT2D eigenvalue weighted by Crippen LogP contribution is 2.59. The van der Waals surface area contributed by atoms with Gasteiger partial charge in [-0.25, -0.2) is 0 Å². The van der Waals surface area contributed by atoms with E-state index in [2.05, 4.69) is 229 Å². The molecule has 1 aliphatic carbocycles. The highest BCUT2D eigenvalue weighted by molar-refractivity contribution is 7.25. The molecular weight excluding hydrogens is 771 g/mol. The van der Waals surface area contributed by atoms with E-state index in [0.717, 1.165) is 55.5 Å². The monoisotopic (exact) mass is 807 g/mol. The van der Waals surface area contributed by atoms with Gasteiger partial charge in [0, 0.05) is 58.8 Å². The molecule has 2 heterocycles. The molecule has 2 aromatic heterocycles. The number of fused-ring (bicyclic) bond motifs is 11. The first-order valence-corrected chi connectivity index (χ1v) is 22.1. The molecule has 62 heavy (non-hydrogen) atoms. The average Bonchev–Trinajstić information content (AvgIpc) is 4.01. The molecule has 0 fully saturated rings. The van der Waals surface area contributed by atoms with Gasteiger partial charge >= 0.3 is 0 Å². The summed E-state index contributed by atoms with van der Waals surface area (Å²) < 4.78 is 9.37. The Hall–Kier alpha value is -7.72. The summed E-state index contributed by atoms with van der Waals surface area (Å²) in [5.41, 5.74) is 14.4. The van der Waals surface area contributed by atoms with Gasteiger partial charge in [0.1, 0.15) is 11.2 Å². The van der Waals surface area contributed by atoms with E-state index in [0.29, 0.717) is 0 Å². The van der Waals surface area contributed by atoms with Crippen LogP contribution in [0, 0.1) is 0 Å². The van der Waals surface area contributed by atoms with Crippen molar-refractivity contribution >= 4 is 81.3 Å². The van der Waals surface area contributed by atoms with Gasteiger partial charge in [0.15, 0.2) is 0 Å². The molecule has 0 N–H and O–H groups in total. The molecule has 0 atom stereocenters. The summed E-state index contributed by atoms with van der Waals surface area (Å²) in [7, 11) is 0. The fraction of sp³-hybridized carbons (Fsp3) is 0.0169. The van der Waals surface area contributed by atoms with Crippen molar-refractivity contribution in [3.8, 4) is 22.3 Å². The standard InChI is InChI=1S/C59H37NOS/c1-3-16-40(17-4-1)59(41-18-5-2-6-19-41)51-25-11-9-22-50(51)56-52(59)26-14-27-53(56)60(43-34-36-47-46-21-10-12-28-54(46)62-55(47)37-43)42-32-29-39(30-33-42)45-23-13-24-48-49-35-31-38-15-7-8-20-44(38)58(49)61-57(45)48/h1-37H. The zero-order valence-electron chi connectivity index (χ0n) is 33.6. The first-order valence-electron chi connectivity index (χ1n) is 21.2. The molecule has 0 amide bonds. The number of nitrogens with zero attached hydrogens (tertiary/aromatic N) is 1. The Morgan fingerprint density at radius 1 is 0.387 bits per heavy atom. The summed E-state index contributed by atoms with van der Waals surface area (Å²) in [5.74, 6) is 0. The lowest BCUT2D eigenvalue weighted by Gasteiger charge is -2.34. The summed E-state index contributed by atoms with van der Waals surface area (Å²) in [5, 5.41) is 7.16. The molecule has 0 unspecified atom stereocenters. The van der Waals surface area contributed by atoms with Gasteiger partial charge in [-0.15, -0.1) is 11.3 Å². The molecule has 0 bridgehead atoms. The number of rotatable bonds is 6. The van der Waals surface area contributed by atoms with E-state index in [1.54, 1.807) is 0 Å². The fourth-order valence-electron chi connectivity index (χ4n) is 10.5. The van der Waals surface area contributed by atoms with E-state index >= 15 is 0 Å². The van der Waals surface area contributed by atoms with Crippen molar-refractivity contribution in [1.29, 1.82) is 0 Å². The summed E-state index contributed by atoms with van der Waals surface area (Å²) in [4.78, 5) is 2.48. The van der Waals surface area contributed by atoms with E-state index in [1.807, 2.05) is 11.3 Å². The molecule has 0 radical (unpaired) electrons. The lowest BCUT2D eigenvalue weighted by atomic mass is 9.68. The largest absolute Gasteiger partial charge is 0.455 e. The Kier molecular flexibility index (Phi) is 7.72. The van der Waals surface area contributed by atoms with Crippen molar-refractivity contribution in [3.63, 3.8) is 0 Å². The molecule has 0 spiro atoms. The third kappa shape index (κ3) is 5.03. The average molecular weight is 808 g/mol. The minimum atomic E-state index is -0.508. The van der Waals surface area contributed by atoms with Gasteiger partial charge in [-0.05, 0) is 81.2 Å². The molecule has 10 aromatic carbocycles. The number of hydrogen-bond donors (Lipinski definition) is 0. The molecule has 290 valence electrons. The smallest absolute Gasteiger partial charge is 0.143 e. The SMILES string of the molecule is c1ccc(C2(c3ccccc3)c3ccccc3-c3c(N(c4ccc(-c5cccc6c5oc5c7ccccc7ccc65)cc4)c4ccc5c(c4)sc4ccccc45)cccc32)cc1. The van der Waals surface area contributed by atoms with Crippen LogP contribution in [0.4, 0.5) is 17.1 Å². The molecule has 2 nitrogen and oxygen atoms in total. The zero-order chi connectivity index (χ0) is 40.8. The van der Waals surface area contributed by atoms with Crippen LogP contribution in [0.15, 0.2) is 229 Å². The van der Waals surface area contributed by atoms with E-state index in [-0.39, 0.29) is 0 Å². The van der Waals surface area contributed by atoms with Gasteiger partial charge in [-0.3, -0.25) is 0 Å². The minimum absolute atomic E-state index is 0.508. The summed E-state index contributed by atoms with van der Waals surface area (Å²) in [6, 6.07) is 82.3. The van der Waals surface area contributed by atoms with E-state index in [1.165, 1.54) is 58.9 Å². The van der Waals surface area contributed by atoms with Crippen LogP contribution in [0.1, 0.15) is 22.3 Å². The van der Waals surface area contributed by atoms with E-state index in [4.69, 9.17) is 4.42 Å². The highest BCUT2D eigenvalue weighted by atomic mass is 32.1. The first kappa shape index (κ1) is 35.1. The summed E-state index contributed by atoms with van der Waals surface area (Å²) in [6.45, 7) is 0. The predicted octanol–water partition coefficient (Wildman–Crippen LogP) is 16.6. The van der Waals surface area contributed by atoms with Gasteiger partial charge in [-0.2, -0.15) is 0 Å². The van der Waals surface area contributed by atoms with Crippen LogP contribution in [0.25, 0.3) is 75.1 Å². The maximum absolute atomic E-state index is 6.80. The Labute approximate surface area is 363 Å². The Balaban J connectivity index is 1.04. The van der Waals surface area contributed by atoms with Crippen LogP contribution in [0.3, 0.4) is 0 Å². The first-order chi connectivity index (χ1) is 30.8. The van der Waals surface area contributed by atoms with Crippen LogP contribution in [-0.4, -0.2) is 0 Å². The summed E-state index contributed by atoms with van der Waals surface area (Å²) >= 11 is 1.86. The molecule has 12 aromatic rings. The number of hydrogen-bond acceptors (Lipinski definition) is 3. The maximum Gasteiger partial charge on any atom is 0.143 e. The van der Waals surface area contributed by atoms with Crippen molar-refractivity contribution in [3.05, 3.63) is 247 Å². The lowest BCUT2D eigenvalue weighted by molar-refractivity contribution is 0.674. The number of thiophene rings is 1. The van der Waals surface area contributed by atoms with Gasteiger partial charge in [-0.1, -0.05) is 182 Å². The zero-order valence-corrected chi connectivity index (χ0v) is 34.4. The van der Waals surface area contributed by atoms with Gasteiger partial charge < -0.3 is 9.32 Å². The quantitative estimate of drug-likeness (QED) is 0.166. The van der Waals surface area contributed by atoms with Crippen molar-refractivity contribution < 1.29 is 4.42 Å². The van der Waals surface area contributed by atoms with E-state index in [9.17, 15) is 0 Å². The normalized spacial score (nSPS) is 13.0. The topological polar surface area (TPSA) is 16.4 Å². The van der Waals surface area contributed by atoms with Crippen LogP contribution in [-0.2, 0) is 5.41 Å². The fourth-order valence-corrected chi connectivity index (χ4v) is 11.6. The van der Waals surface area contributed by atoms with Gasteiger partial charge in [0.2, 0.25) is 0 Å². The molecule has 0 saturated carbocycles. The maximum atomic E-state index is 6.80. The van der Waals surface area contributed by atoms with Crippen molar-refractivity contribution in [2.75, 3.05) is 4.90 Å². The molecular formula is C59H37NOS. The second-order valence-electron chi connectivity index (χ2n) is 16.3. The van der Waals surface area contributed by atoms with Crippen molar-refractivity contribution in [2.45, 2.75) is 5.41 Å². The predicted molar refractivity (Wildman–Crippen MR) is 262 cm³/mol.